The number of aliphatic imine (C=N–C) groups is 1. The van der Waals surface area contributed by atoms with Crippen LogP contribution in [0.2, 0.25) is 5.02 Å². The lowest BCUT2D eigenvalue weighted by Gasteiger charge is -1.91. The van der Waals surface area contributed by atoms with E-state index in [-0.39, 0.29) is 0 Å². The lowest BCUT2D eigenvalue weighted by atomic mass is 10.2. The molecule has 0 N–H and O–H groups in total. The van der Waals surface area contributed by atoms with Gasteiger partial charge in [0, 0.05) is 16.8 Å². The molecule has 0 saturated heterocycles. The molecule has 0 aliphatic heterocycles. The first-order valence-corrected chi connectivity index (χ1v) is 6.02. The third-order valence-corrected chi connectivity index (χ3v) is 2.54. The van der Waals surface area contributed by atoms with E-state index in [1.165, 1.54) is 0 Å². The van der Waals surface area contributed by atoms with E-state index in [1.807, 2.05) is 54.6 Å². The smallest absolute Gasteiger partial charge is 0.100 e. The summed E-state index contributed by atoms with van der Waals surface area (Å²) in [5, 5.41) is 0.732. The van der Waals surface area contributed by atoms with Crippen LogP contribution in [0.3, 0.4) is 0 Å². The molecule has 0 saturated carbocycles. The maximum atomic E-state index is 5.80. The lowest BCUT2D eigenvalue weighted by molar-refractivity contribution is 1.30. The van der Waals surface area contributed by atoms with Crippen LogP contribution in [-0.2, 0) is 0 Å². The molecule has 88 valence electrons. The van der Waals surface area contributed by atoms with Gasteiger partial charge in [-0.25, -0.2) is 0 Å². The van der Waals surface area contributed by atoms with Gasteiger partial charge in [-0.15, -0.1) is 0 Å². The second-order valence-corrected chi connectivity index (χ2v) is 4.13. The maximum Gasteiger partial charge on any atom is 0.100 e. The van der Waals surface area contributed by atoms with Crippen molar-refractivity contribution >= 4 is 17.8 Å². The molecular weight excluding hydrogens is 242 g/mol. The summed E-state index contributed by atoms with van der Waals surface area (Å²) in [6, 6.07) is 17.4. The van der Waals surface area contributed by atoms with Gasteiger partial charge in [0.05, 0.1) is 0 Å². The molecule has 0 aliphatic rings. The van der Waals surface area contributed by atoms with Crippen molar-refractivity contribution in [1.29, 1.82) is 0 Å². The van der Waals surface area contributed by atoms with Gasteiger partial charge in [-0.3, -0.25) is 4.99 Å². The Morgan fingerprint density at radius 3 is 2.44 bits per heavy atom. The fraction of sp³-hybridized carbons (Fsp3) is 0.0625. The predicted molar refractivity (Wildman–Crippen MR) is 77.2 cm³/mol. The molecule has 0 unspecified atom stereocenters. The second-order valence-electron chi connectivity index (χ2n) is 3.69. The highest BCUT2D eigenvalue weighted by atomic mass is 35.5. The Hall–Kier alpha value is -2.04. The van der Waals surface area contributed by atoms with Crippen molar-refractivity contribution in [3.05, 3.63) is 70.7 Å². The van der Waals surface area contributed by atoms with Gasteiger partial charge in [0.25, 0.3) is 0 Å². The summed E-state index contributed by atoms with van der Waals surface area (Å²) in [6.45, 7) is 0.498. The first kappa shape index (κ1) is 12.4. The van der Waals surface area contributed by atoms with E-state index >= 15 is 0 Å². The molecule has 2 heteroatoms. The fourth-order valence-corrected chi connectivity index (χ4v) is 1.53. The molecule has 0 radical (unpaired) electrons. The number of halogens is 1. The molecule has 18 heavy (non-hydrogen) atoms. The zero-order valence-corrected chi connectivity index (χ0v) is 10.6. The number of nitrogens with zero attached hydrogens (tertiary/aromatic N) is 1. The number of hydrogen-bond acceptors (Lipinski definition) is 1. The van der Waals surface area contributed by atoms with Gasteiger partial charge in [-0.1, -0.05) is 53.8 Å². The van der Waals surface area contributed by atoms with Gasteiger partial charge >= 0.3 is 0 Å². The van der Waals surface area contributed by atoms with Gasteiger partial charge in [-0.2, -0.15) is 0 Å². The van der Waals surface area contributed by atoms with Gasteiger partial charge in [0.15, 0.2) is 0 Å². The third-order valence-electron chi connectivity index (χ3n) is 2.29. The molecule has 0 atom stereocenters. The molecular formula is C16H12ClN. The Morgan fingerprint density at radius 2 is 1.72 bits per heavy atom. The van der Waals surface area contributed by atoms with Crippen molar-refractivity contribution in [3.8, 4) is 11.8 Å². The molecule has 0 fully saturated rings. The SMILES string of the molecule is Clc1ccc(C=NCC#Cc2ccccc2)cc1. The van der Waals surface area contributed by atoms with Crippen LogP contribution in [0.25, 0.3) is 0 Å². The summed E-state index contributed by atoms with van der Waals surface area (Å²) in [5.74, 6) is 6.06. The molecule has 0 heterocycles. The van der Waals surface area contributed by atoms with Crippen LogP contribution >= 0.6 is 11.6 Å². The van der Waals surface area contributed by atoms with E-state index in [2.05, 4.69) is 16.8 Å². The normalized spacial score (nSPS) is 10.1. The van der Waals surface area contributed by atoms with E-state index in [1.54, 1.807) is 6.21 Å². The third kappa shape index (κ3) is 4.08. The van der Waals surface area contributed by atoms with E-state index in [0.717, 1.165) is 16.1 Å². The second kappa shape index (κ2) is 6.64. The van der Waals surface area contributed by atoms with E-state index in [9.17, 15) is 0 Å². The monoisotopic (exact) mass is 253 g/mol. The summed E-state index contributed by atoms with van der Waals surface area (Å²) in [5.41, 5.74) is 2.04. The van der Waals surface area contributed by atoms with Gasteiger partial charge in [0.1, 0.15) is 6.54 Å². The highest BCUT2D eigenvalue weighted by Crippen LogP contribution is 2.07. The first-order valence-electron chi connectivity index (χ1n) is 5.64. The van der Waals surface area contributed by atoms with Gasteiger partial charge in [0.2, 0.25) is 0 Å². The summed E-state index contributed by atoms with van der Waals surface area (Å²) in [7, 11) is 0. The van der Waals surface area contributed by atoms with E-state index in [0.29, 0.717) is 6.54 Å². The zero-order valence-electron chi connectivity index (χ0n) is 9.81. The Labute approximate surface area is 112 Å². The van der Waals surface area contributed by atoms with E-state index < -0.39 is 0 Å². The average Bonchev–Trinajstić information content (AvgIpc) is 2.42. The molecule has 0 spiro atoms. The van der Waals surface area contributed by atoms with E-state index in [4.69, 9.17) is 11.6 Å². The molecule has 1 nitrogen and oxygen atoms in total. The van der Waals surface area contributed by atoms with Crippen LogP contribution in [-0.4, -0.2) is 12.8 Å². The lowest BCUT2D eigenvalue weighted by Crippen LogP contribution is -1.82. The van der Waals surface area contributed by atoms with Crippen molar-refractivity contribution < 1.29 is 0 Å². The van der Waals surface area contributed by atoms with Crippen LogP contribution in [0.1, 0.15) is 11.1 Å². The Balaban J connectivity index is 1.89. The standard InChI is InChI=1S/C16H12ClN/c17-16-10-8-15(9-11-16)13-18-12-4-7-14-5-2-1-3-6-14/h1-3,5-6,8-11,13H,12H2. The summed E-state index contributed by atoms with van der Waals surface area (Å²) < 4.78 is 0. The Kier molecular flexibility index (Phi) is 4.58. The van der Waals surface area contributed by atoms with Crippen molar-refractivity contribution in [1.82, 2.24) is 0 Å². The van der Waals surface area contributed by atoms with Crippen LogP contribution in [0.4, 0.5) is 0 Å². The minimum Gasteiger partial charge on any atom is -0.280 e. The minimum absolute atomic E-state index is 0.498. The first-order chi connectivity index (χ1) is 8.84. The predicted octanol–water partition coefficient (Wildman–Crippen LogP) is 3.81. The molecule has 2 aromatic rings. The summed E-state index contributed by atoms with van der Waals surface area (Å²) in [4.78, 5) is 4.24. The highest BCUT2D eigenvalue weighted by molar-refractivity contribution is 6.30. The number of rotatable bonds is 2. The molecule has 2 aromatic carbocycles. The molecule has 0 aromatic heterocycles. The van der Waals surface area contributed by atoms with Crippen LogP contribution in [0.15, 0.2) is 59.6 Å². The Morgan fingerprint density at radius 1 is 1.00 bits per heavy atom. The topological polar surface area (TPSA) is 12.4 Å². The van der Waals surface area contributed by atoms with Crippen molar-refractivity contribution in [2.24, 2.45) is 4.99 Å². The molecule has 0 bridgehead atoms. The quantitative estimate of drug-likeness (QED) is 0.570. The fourth-order valence-electron chi connectivity index (χ4n) is 1.41. The average molecular weight is 254 g/mol. The van der Waals surface area contributed by atoms with Crippen molar-refractivity contribution in [2.45, 2.75) is 0 Å². The van der Waals surface area contributed by atoms with Gasteiger partial charge < -0.3 is 0 Å². The maximum absolute atomic E-state index is 5.80. The molecule has 0 aliphatic carbocycles. The summed E-state index contributed by atoms with van der Waals surface area (Å²) in [6.07, 6.45) is 1.80. The minimum atomic E-state index is 0.498. The van der Waals surface area contributed by atoms with Crippen molar-refractivity contribution in [3.63, 3.8) is 0 Å². The summed E-state index contributed by atoms with van der Waals surface area (Å²) >= 11 is 5.80. The van der Waals surface area contributed by atoms with Crippen LogP contribution in [0, 0.1) is 11.8 Å². The molecule has 0 amide bonds. The largest absolute Gasteiger partial charge is 0.280 e. The zero-order chi connectivity index (χ0) is 12.6. The highest BCUT2D eigenvalue weighted by Gasteiger charge is 1.87. The molecule has 2 rings (SSSR count). The van der Waals surface area contributed by atoms with Crippen LogP contribution < -0.4 is 0 Å². The van der Waals surface area contributed by atoms with Gasteiger partial charge in [-0.05, 0) is 29.8 Å². The van der Waals surface area contributed by atoms with Crippen LogP contribution in [0.5, 0.6) is 0 Å². The Bertz CT molecular complexity index is 574. The number of hydrogen-bond donors (Lipinski definition) is 0. The van der Waals surface area contributed by atoms with Crippen molar-refractivity contribution in [2.75, 3.05) is 6.54 Å². The number of benzene rings is 2.